The van der Waals surface area contributed by atoms with Gasteiger partial charge in [0.1, 0.15) is 0 Å². The Morgan fingerprint density at radius 2 is 2.00 bits per heavy atom. The number of nitrogens with zero attached hydrogens (tertiary/aromatic N) is 1. The smallest absolute Gasteiger partial charge is 0.0911 e. The van der Waals surface area contributed by atoms with Crippen molar-refractivity contribution < 1.29 is 5.11 Å². The van der Waals surface area contributed by atoms with Gasteiger partial charge in [-0.1, -0.05) is 29.8 Å². The summed E-state index contributed by atoms with van der Waals surface area (Å²) in [6.45, 7) is 2.45. The minimum atomic E-state index is -0.461. The first-order valence-corrected chi connectivity index (χ1v) is 5.63. The first-order valence-electron chi connectivity index (χ1n) is 5.25. The topological polar surface area (TPSA) is 25.2 Å². The Labute approximate surface area is 100 Å². The molecule has 0 bridgehead atoms. The molecule has 0 spiro atoms. The number of hydrogen-bond donors (Lipinski definition) is 1. The van der Waals surface area contributed by atoms with Gasteiger partial charge in [-0.25, -0.2) is 0 Å². The molecule has 0 aliphatic carbocycles. The van der Waals surface area contributed by atoms with Crippen molar-refractivity contribution in [2.24, 2.45) is 0 Å². The predicted octanol–water partition coefficient (Wildman–Crippen LogP) is 3.24. The van der Waals surface area contributed by atoms with Crippen LogP contribution in [0.15, 0.2) is 42.6 Å². The fraction of sp³-hybridized carbons (Fsp3) is 0.231. The molecule has 0 fully saturated rings. The molecule has 0 aliphatic heterocycles. The predicted molar refractivity (Wildman–Crippen MR) is 65.6 cm³/mol. The van der Waals surface area contributed by atoms with Crippen LogP contribution in [0.5, 0.6) is 0 Å². The number of benzene rings is 1. The van der Waals surface area contributed by atoms with Crippen LogP contribution in [-0.2, 0) is 6.54 Å². The maximum Gasteiger partial charge on any atom is 0.0911 e. The highest BCUT2D eigenvalue weighted by Gasteiger charge is 2.07. The van der Waals surface area contributed by atoms with E-state index in [9.17, 15) is 5.11 Å². The van der Waals surface area contributed by atoms with Gasteiger partial charge in [-0.3, -0.25) is 0 Å². The summed E-state index contributed by atoms with van der Waals surface area (Å²) in [7, 11) is 0. The first kappa shape index (κ1) is 11.2. The molecule has 1 atom stereocenters. The third-order valence-electron chi connectivity index (χ3n) is 2.59. The zero-order chi connectivity index (χ0) is 11.5. The third kappa shape index (κ3) is 2.29. The number of rotatable bonds is 3. The quantitative estimate of drug-likeness (QED) is 0.868. The van der Waals surface area contributed by atoms with Crippen LogP contribution < -0.4 is 0 Å². The molecule has 0 aliphatic rings. The molecule has 16 heavy (non-hydrogen) atoms. The largest absolute Gasteiger partial charge is 0.387 e. The van der Waals surface area contributed by atoms with Crippen molar-refractivity contribution >= 4 is 11.6 Å². The molecule has 3 heteroatoms. The van der Waals surface area contributed by atoms with E-state index in [1.165, 1.54) is 0 Å². The molecule has 1 unspecified atom stereocenters. The Balaban J connectivity index is 2.27. The Morgan fingerprint density at radius 3 is 2.69 bits per heavy atom. The maximum atomic E-state index is 9.59. The molecular weight excluding hydrogens is 222 g/mol. The Morgan fingerprint density at radius 1 is 1.25 bits per heavy atom. The van der Waals surface area contributed by atoms with Gasteiger partial charge >= 0.3 is 0 Å². The van der Waals surface area contributed by atoms with Crippen LogP contribution in [0.1, 0.15) is 24.3 Å². The molecule has 0 amide bonds. The minimum absolute atomic E-state index is 0.461. The maximum absolute atomic E-state index is 9.59. The fourth-order valence-electron chi connectivity index (χ4n) is 1.76. The molecular formula is C13H14ClNO. The normalized spacial score (nSPS) is 12.7. The monoisotopic (exact) mass is 235 g/mol. The highest BCUT2D eigenvalue weighted by atomic mass is 35.5. The van der Waals surface area contributed by atoms with E-state index in [0.717, 1.165) is 16.3 Å². The van der Waals surface area contributed by atoms with Gasteiger partial charge in [-0.05, 0) is 30.7 Å². The lowest BCUT2D eigenvalue weighted by atomic mass is 10.2. The Kier molecular flexibility index (Phi) is 3.32. The lowest BCUT2D eigenvalue weighted by Crippen LogP contribution is -2.06. The number of hydrogen-bond acceptors (Lipinski definition) is 1. The fourth-order valence-corrected chi connectivity index (χ4v) is 1.96. The van der Waals surface area contributed by atoms with Crippen LogP contribution in [0.2, 0.25) is 5.02 Å². The van der Waals surface area contributed by atoms with Gasteiger partial charge in [0.05, 0.1) is 6.10 Å². The van der Waals surface area contributed by atoms with E-state index in [-0.39, 0.29) is 0 Å². The molecule has 84 valence electrons. The molecule has 1 aromatic heterocycles. The molecule has 0 radical (unpaired) electrons. The van der Waals surface area contributed by atoms with Crippen LogP contribution >= 0.6 is 11.6 Å². The molecule has 0 saturated heterocycles. The molecule has 1 N–H and O–H groups in total. The summed E-state index contributed by atoms with van der Waals surface area (Å²) in [5.74, 6) is 0. The van der Waals surface area contributed by atoms with Crippen molar-refractivity contribution in [3.8, 4) is 0 Å². The van der Waals surface area contributed by atoms with Crippen LogP contribution in [-0.4, -0.2) is 9.67 Å². The molecule has 2 rings (SSSR count). The average molecular weight is 236 g/mol. The Bertz CT molecular complexity index is 476. The second kappa shape index (κ2) is 4.73. The lowest BCUT2D eigenvalue weighted by Gasteiger charge is -2.12. The second-order valence-electron chi connectivity index (χ2n) is 3.83. The second-order valence-corrected chi connectivity index (χ2v) is 4.24. The molecule has 1 aromatic carbocycles. The van der Waals surface area contributed by atoms with E-state index < -0.39 is 6.10 Å². The van der Waals surface area contributed by atoms with E-state index in [1.807, 2.05) is 47.2 Å². The standard InChI is InChI=1S/C13H14ClNO/c1-10(16)13-7-4-8-15(13)9-11-5-2-3-6-12(11)14/h2-8,10,16H,9H2,1H3. The van der Waals surface area contributed by atoms with Crippen molar-refractivity contribution in [2.75, 3.05) is 0 Å². The summed E-state index contributed by atoms with van der Waals surface area (Å²) < 4.78 is 2.01. The summed E-state index contributed by atoms with van der Waals surface area (Å²) in [6, 6.07) is 11.6. The number of aromatic nitrogens is 1. The first-order chi connectivity index (χ1) is 7.68. The summed E-state index contributed by atoms with van der Waals surface area (Å²) in [5.41, 5.74) is 1.96. The van der Waals surface area contributed by atoms with E-state index >= 15 is 0 Å². The van der Waals surface area contributed by atoms with Gasteiger partial charge in [-0.2, -0.15) is 0 Å². The summed E-state index contributed by atoms with van der Waals surface area (Å²) in [4.78, 5) is 0. The van der Waals surface area contributed by atoms with Gasteiger partial charge in [0.25, 0.3) is 0 Å². The zero-order valence-corrected chi connectivity index (χ0v) is 9.85. The van der Waals surface area contributed by atoms with Crippen molar-refractivity contribution in [2.45, 2.75) is 19.6 Å². The van der Waals surface area contributed by atoms with Crippen molar-refractivity contribution in [3.05, 3.63) is 58.9 Å². The van der Waals surface area contributed by atoms with Gasteiger partial charge in [-0.15, -0.1) is 0 Å². The van der Waals surface area contributed by atoms with Crippen LogP contribution in [0.4, 0.5) is 0 Å². The average Bonchev–Trinajstić information content (AvgIpc) is 2.69. The van der Waals surface area contributed by atoms with E-state index in [1.54, 1.807) is 6.92 Å². The van der Waals surface area contributed by atoms with Crippen LogP contribution in [0, 0.1) is 0 Å². The van der Waals surface area contributed by atoms with E-state index in [0.29, 0.717) is 6.54 Å². The molecule has 2 nitrogen and oxygen atoms in total. The summed E-state index contributed by atoms with van der Waals surface area (Å²) in [5, 5.41) is 10.3. The Hall–Kier alpha value is -1.25. The number of halogens is 1. The van der Waals surface area contributed by atoms with Gasteiger partial charge in [0.2, 0.25) is 0 Å². The van der Waals surface area contributed by atoms with Gasteiger partial charge in [0.15, 0.2) is 0 Å². The van der Waals surface area contributed by atoms with Crippen LogP contribution in [0.25, 0.3) is 0 Å². The van der Waals surface area contributed by atoms with Crippen molar-refractivity contribution in [3.63, 3.8) is 0 Å². The SMILES string of the molecule is CC(O)c1cccn1Cc1ccccc1Cl. The van der Waals surface area contributed by atoms with Crippen molar-refractivity contribution in [1.29, 1.82) is 0 Å². The van der Waals surface area contributed by atoms with Gasteiger partial charge in [0, 0.05) is 23.5 Å². The highest BCUT2D eigenvalue weighted by Crippen LogP contribution is 2.19. The minimum Gasteiger partial charge on any atom is -0.387 e. The lowest BCUT2D eigenvalue weighted by molar-refractivity contribution is 0.190. The zero-order valence-electron chi connectivity index (χ0n) is 9.10. The number of aliphatic hydroxyl groups excluding tert-OH is 1. The summed E-state index contributed by atoms with van der Waals surface area (Å²) >= 11 is 6.10. The third-order valence-corrected chi connectivity index (χ3v) is 2.96. The van der Waals surface area contributed by atoms with Crippen LogP contribution in [0.3, 0.4) is 0 Å². The molecule has 2 aromatic rings. The molecule has 1 heterocycles. The van der Waals surface area contributed by atoms with E-state index in [2.05, 4.69) is 0 Å². The summed E-state index contributed by atoms with van der Waals surface area (Å²) in [6.07, 6.45) is 1.49. The highest BCUT2D eigenvalue weighted by molar-refractivity contribution is 6.31. The number of aliphatic hydroxyl groups is 1. The van der Waals surface area contributed by atoms with Crippen molar-refractivity contribution in [1.82, 2.24) is 4.57 Å². The molecule has 0 saturated carbocycles. The van der Waals surface area contributed by atoms with E-state index in [4.69, 9.17) is 11.6 Å². The van der Waals surface area contributed by atoms with Gasteiger partial charge < -0.3 is 9.67 Å².